The van der Waals surface area contributed by atoms with Crippen LogP contribution in [-0.4, -0.2) is 38.8 Å². The van der Waals surface area contributed by atoms with E-state index in [-0.39, 0.29) is 10.6 Å². The van der Waals surface area contributed by atoms with Crippen LogP contribution in [-0.2, 0) is 9.53 Å². The minimum absolute atomic E-state index is 0.148. The zero-order valence-electron chi connectivity index (χ0n) is 16.1. The molecule has 150 valence electrons. The fourth-order valence-electron chi connectivity index (χ4n) is 2.32. The summed E-state index contributed by atoms with van der Waals surface area (Å²) in [4.78, 5) is 24.7. The van der Waals surface area contributed by atoms with Crippen molar-refractivity contribution in [3.63, 3.8) is 0 Å². The lowest BCUT2D eigenvalue weighted by molar-refractivity contribution is -0.123. The van der Waals surface area contributed by atoms with Gasteiger partial charge in [0.1, 0.15) is 5.75 Å². The normalized spacial score (nSPS) is 11.3. The maximum Gasteiger partial charge on any atom is 0.339 e. The molecule has 0 heterocycles. The van der Waals surface area contributed by atoms with E-state index in [1.54, 1.807) is 38.3 Å². The molecule has 0 spiro atoms. The van der Waals surface area contributed by atoms with Crippen molar-refractivity contribution < 1.29 is 28.5 Å². The van der Waals surface area contributed by atoms with Crippen LogP contribution in [0, 0.1) is 0 Å². The van der Waals surface area contributed by atoms with E-state index in [0.29, 0.717) is 29.5 Å². The van der Waals surface area contributed by atoms with Crippen molar-refractivity contribution >= 4 is 29.2 Å². The molecule has 0 bridgehead atoms. The summed E-state index contributed by atoms with van der Waals surface area (Å²) < 4.78 is 20.9. The Labute approximate surface area is 168 Å². The molecule has 2 rings (SSSR count). The van der Waals surface area contributed by atoms with Crippen molar-refractivity contribution in [2.24, 2.45) is 0 Å². The molecule has 0 aliphatic carbocycles. The average Bonchev–Trinajstić information content (AvgIpc) is 2.69. The highest BCUT2D eigenvalue weighted by atomic mass is 35.5. The maximum absolute atomic E-state index is 12.4. The van der Waals surface area contributed by atoms with Gasteiger partial charge in [0.25, 0.3) is 5.91 Å². The summed E-state index contributed by atoms with van der Waals surface area (Å²) >= 11 is 6.16. The Balaban J connectivity index is 2.06. The molecule has 7 nitrogen and oxygen atoms in total. The predicted octanol–water partition coefficient (Wildman–Crippen LogP) is 3.94. The highest BCUT2D eigenvalue weighted by molar-refractivity contribution is 6.32. The van der Waals surface area contributed by atoms with Gasteiger partial charge in [0.2, 0.25) is 0 Å². The second-order valence-corrected chi connectivity index (χ2v) is 6.09. The third kappa shape index (κ3) is 5.29. The Morgan fingerprint density at radius 3 is 2.36 bits per heavy atom. The minimum atomic E-state index is -1.02. The lowest BCUT2D eigenvalue weighted by atomic mass is 10.2. The van der Waals surface area contributed by atoms with Gasteiger partial charge < -0.3 is 24.3 Å². The minimum Gasteiger partial charge on any atom is -0.497 e. The molecule has 0 unspecified atom stereocenters. The SMILES string of the molecule is CCOc1c(Cl)cc(C(=O)O[C@H](C)C(=O)Nc2ccc(OC)cc2)cc1OC. The van der Waals surface area contributed by atoms with E-state index in [1.807, 2.05) is 0 Å². The van der Waals surface area contributed by atoms with Gasteiger partial charge >= 0.3 is 5.97 Å². The Bertz CT molecular complexity index is 837. The summed E-state index contributed by atoms with van der Waals surface area (Å²) in [6.45, 7) is 3.67. The van der Waals surface area contributed by atoms with E-state index in [0.717, 1.165) is 0 Å². The molecule has 1 atom stereocenters. The standard InChI is InChI=1S/C20H22ClNO6/c1-5-27-18-16(21)10-13(11-17(18)26-4)20(24)28-12(2)19(23)22-14-6-8-15(25-3)9-7-14/h6-12H,5H2,1-4H3,(H,22,23)/t12-/m1/s1. The van der Waals surface area contributed by atoms with Gasteiger partial charge in [0.05, 0.1) is 31.4 Å². The summed E-state index contributed by atoms with van der Waals surface area (Å²) in [7, 11) is 2.99. The van der Waals surface area contributed by atoms with Crippen LogP contribution in [0.15, 0.2) is 36.4 Å². The van der Waals surface area contributed by atoms with Crippen LogP contribution in [0.25, 0.3) is 0 Å². The van der Waals surface area contributed by atoms with E-state index >= 15 is 0 Å². The Kier molecular flexibility index (Phi) is 7.52. The number of esters is 1. The predicted molar refractivity (Wildman–Crippen MR) is 106 cm³/mol. The lowest BCUT2D eigenvalue weighted by Crippen LogP contribution is -2.30. The van der Waals surface area contributed by atoms with Gasteiger partial charge in [0, 0.05) is 5.69 Å². The fraction of sp³-hybridized carbons (Fsp3) is 0.300. The number of anilines is 1. The van der Waals surface area contributed by atoms with E-state index in [4.69, 9.17) is 30.5 Å². The van der Waals surface area contributed by atoms with Crippen LogP contribution in [0.4, 0.5) is 5.69 Å². The van der Waals surface area contributed by atoms with Crippen LogP contribution in [0.5, 0.6) is 17.2 Å². The van der Waals surface area contributed by atoms with Crippen molar-refractivity contribution in [3.05, 3.63) is 47.0 Å². The number of hydrogen-bond donors (Lipinski definition) is 1. The summed E-state index contributed by atoms with van der Waals surface area (Å²) in [6.07, 6.45) is -1.02. The third-order valence-corrected chi connectivity index (χ3v) is 4.05. The summed E-state index contributed by atoms with van der Waals surface area (Å²) in [5, 5.41) is 2.88. The second-order valence-electron chi connectivity index (χ2n) is 5.69. The lowest BCUT2D eigenvalue weighted by Gasteiger charge is -2.16. The smallest absolute Gasteiger partial charge is 0.339 e. The number of amides is 1. The average molecular weight is 408 g/mol. The van der Waals surface area contributed by atoms with Crippen molar-refractivity contribution in [2.45, 2.75) is 20.0 Å². The van der Waals surface area contributed by atoms with Crippen LogP contribution in [0.1, 0.15) is 24.2 Å². The van der Waals surface area contributed by atoms with E-state index in [9.17, 15) is 9.59 Å². The Hall–Kier alpha value is -2.93. The van der Waals surface area contributed by atoms with Gasteiger partial charge in [-0.2, -0.15) is 0 Å². The van der Waals surface area contributed by atoms with Crippen LogP contribution < -0.4 is 19.5 Å². The van der Waals surface area contributed by atoms with Gasteiger partial charge in [-0.25, -0.2) is 4.79 Å². The van der Waals surface area contributed by atoms with Crippen molar-refractivity contribution in [1.29, 1.82) is 0 Å². The topological polar surface area (TPSA) is 83.1 Å². The van der Waals surface area contributed by atoms with Gasteiger partial charge in [0.15, 0.2) is 17.6 Å². The summed E-state index contributed by atoms with van der Waals surface area (Å²) in [6, 6.07) is 9.64. The monoisotopic (exact) mass is 407 g/mol. The molecule has 28 heavy (non-hydrogen) atoms. The molecule has 0 aliphatic heterocycles. The molecular formula is C20H22ClNO6. The van der Waals surface area contributed by atoms with Crippen molar-refractivity contribution in [1.82, 2.24) is 0 Å². The van der Waals surface area contributed by atoms with Gasteiger partial charge in [-0.3, -0.25) is 4.79 Å². The number of methoxy groups -OCH3 is 2. The number of nitrogens with one attached hydrogen (secondary N) is 1. The largest absolute Gasteiger partial charge is 0.497 e. The molecule has 0 saturated heterocycles. The van der Waals surface area contributed by atoms with Crippen LogP contribution in [0.3, 0.4) is 0 Å². The number of benzene rings is 2. The first-order chi connectivity index (χ1) is 13.4. The number of carbonyl (C=O) groups excluding carboxylic acids is 2. The Morgan fingerprint density at radius 1 is 1.11 bits per heavy atom. The molecule has 2 aromatic rings. The number of ether oxygens (including phenoxy) is 4. The highest BCUT2D eigenvalue weighted by Gasteiger charge is 2.22. The van der Waals surface area contributed by atoms with Crippen LogP contribution >= 0.6 is 11.6 Å². The first-order valence-electron chi connectivity index (χ1n) is 8.55. The molecule has 8 heteroatoms. The van der Waals surface area contributed by atoms with E-state index in [1.165, 1.54) is 26.2 Å². The number of rotatable bonds is 8. The Morgan fingerprint density at radius 2 is 1.79 bits per heavy atom. The molecule has 2 aromatic carbocycles. The van der Waals surface area contributed by atoms with Crippen LogP contribution in [0.2, 0.25) is 5.02 Å². The highest BCUT2D eigenvalue weighted by Crippen LogP contribution is 2.36. The van der Waals surface area contributed by atoms with Gasteiger partial charge in [-0.15, -0.1) is 0 Å². The number of hydrogen-bond acceptors (Lipinski definition) is 6. The number of halogens is 1. The summed E-state index contributed by atoms with van der Waals surface area (Å²) in [5.41, 5.74) is 0.703. The molecule has 0 fully saturated rings. The maximum atomic E-state index is 12.4. The molecule has 1 amide bonds. The van der Waals surface area contributed by atoms with Crippen molar-refractivity contribution in [2.75, 3.05) is 26.1 Å². The van der Waals surface area contributed by atoms with E-state index in [2.05, 4.69) is 5.32 Å². The molecular weight excluding hydrogens is 386 g/mol. The molecule has 0 radical (unpaired) electrons. The first-order valence-corrected chi connectivity index (χ1v) is 8.93. The molecule has 0 saturated carbocycles. The second kappa shape index (κ2) is 9.85. The zero-order chi connectivity index (χ0) is 20.7. The van der Waals surface area contributed by atoms with E-state index < -0.39 is 18.0 Å². The fourth-order valence-corrected chi connectivity index (χ4v) is 2.59. The number of carbonyl (C=O) groups is 2. The quantitative estimate of drug-likeness (QED) is 0.667. The first kappa shape index (κ1) is 21.4. The zero-order valence-corrected chi connectivity index (χ0v) is 16.8. The molecule has 0 aromatic heterocycles. The van der Waals surface area contributed by atoms with Crippen molar-refractivity contribution in [3.8, 4) is 17.2 Å². The molecule has 0 aliphatic rings. The summed E-state index contributed by atoms with van der Waals surface area (Å²) in [5.74, 6) is 0.132. The van der Waals surface area contributed by atoms with Gasteiger partial charge in [-0.1, -0.05) is 11.6 Å². The third-order valence-electron chi connectivity index (χ3n) is 3.76. The molecule has 1 N–H and O–H groups in total. The van der Waals surface area contributed by atoms with Gasteiger partial charge in [-0.05, 0) is 50.2 Å².